The molecule has 1 heterocycles. The molecule has 5 nitrogen and oxygen atoms in total. The molecule has 0 unspecified atom stereocenters. The fourth-order valence-electron chi connectivity index (χ4n) is 2.41. The predicted octanol–water partition coefficient (Wildman–Crippen LogP) is 2.19. The van der Waals surface area contributed by atoms with Gasteiger partial charge in [0.25, 0.3) is 0 Å². The van der Waals surface area contributed by atoms with Crippen LogP contribution in [-0.4, -0.2) is 27.6 Å². The van der Waals surface area contributed by atoms with Crippen molar-refractivity contribution < 1.29 is 9.90 Å². The summed E-state index contributed by atoms with van der Waals surface area (Å²) in [4.78, 5) is 19.8. The number of carboxylic acids is 1. The Kier molecular flexibility index (Phi) is 4.71. The van der Waals surface area contributed by atoms with Crippen LogP contribution in [0.4, 0.5) is 5.82 Å². The number of carboxylic acid groups (broad SMARTS) is 1. The summed E-state index contributed by atoms with van der Waals surface area (Å²) in [5.74, 6) is 0.944. The first kappa shape index (κ1) is 13.8. The van der Waals surface area contributed by atoms with Crippen LogP contribution in [0.15, 0.2) is 0 Å². The van der Waals surface area contributed by atoms with E-state index in [1.165, 1.54) is 12.0 Å². The molecule has 0 saturated carbocycles. The minimum absolute atomic E-state index is 0.113. The smallest absolute Gasteiger partial charge is 0.305 e. The highest BCUT2D eigenvalue weighted by Crippen LogP contribution is 2.25. The molecule has 1 aromatic heterocycles. The molecule has 5 heteroatoms. The number of hydrogen-bond donors (Lipinski definition) is 2. The fraction of sp³-hybridized carbons (Fsp3) is 0.643. The lowest BCUT2D eigenvalue weighted by Crippen LogP contribution is -2.16. The van der Waals surface area contributed by atoms with E-state index in [4.69, 9.17) is 5.11 Å². The van der Waals surface area contributed by atoms with Gasteiger partial charge in [-0.1, -0.05) is 6.92 Å². The lowest BCUT2D eigenvalue weighted by atomic mass is 9.96. The SMILES string of the molecule is CCCc1nc2c(c(NCCC(=O)O)n1)CCCC2. The molecule has 0 aliphatic heterocycles. The zero-order valence-electron chi connectivity index (χ0n) is 11.4. The van der Waals surface area contributed by atoms with Gasteiger partial charge in [0.15, 0.2) is 0 Å². The van der Waals surface area contributed by atoms with Crippen LogP contribution in [0, 0.1) is 0 Å². The summed E-state index contributed by atoms with van der Waals surface area (Å²) >= 11 is 0. The van der Waals surface area contributed by atoms with Crippen molar-refractivity contribution in [3.8, 4) is 0 Å². The monoisotopic (exact) mass is 263 g/mol. The summed E-state index contributed by atoms with van der Waals surface area (Å²) in [5, 5.41) is 11.9. The van der Waals surface area contributed by atoms with Gasteiger partial charge >= 0.3 is 5.97 Å². The van der Waals surface area contributed by atoms with Crippen LogP contribution in [0.5, 0.6) is 0 Å². The number of anilines is 1. The Morgan fingerprint density at radius 3 is 2.84 bits per heavy atom. The third-order valence-corrected chi connectivity index (χ3v) is 3.33. The van der Waals surface area contributed by atoms with E-state index in [2.05, 4.69) is 22.2 Å². The first-order valence-electron chi connectivity index (χ1n) is 7.05. The molecule has 0 amide bonds. The number of fused-ring (bicyclic) bond motifs is 1. The zero-order chi connectivity index (χ0) is 13.7. The highest BCUT2D eigenvalue weighted by atomic mass is 16.4. The summed E-state index contributed by atoms with van der Waals surface area (Å²) in [5.41, 5.74) is 2.35. The molecule has 0 spiro atoms. The van der Waals surface area contributed by atoms with Crippen LogP contribution >= 0.6 is 0 Å². The van der Waals surface area contributed by atoms with Crippen LogP contribution in [0.2, 0.25) is 0 Å². The Bertz CT molecular complexity index is 460. The van der Waals surface area contributed by atoms with Crippen molar-refractivity contribution in [3.63, 3.8) is 0 Å². The van der Waals surface area contributed by atoms with E-state index >= 15 is 0 Å². The van der Waals surface area contributed by atoms with E-state index in [0.29, 0.717) is 6.54 Å². The second-order valence-electron chi connectivity index (χ2n) is 4.94. The fourth-order valence-corrected chi connectivity index (χ4v) is 2.41. The molecule has 1 aliphatic rings. The molecule has 0 bridgehead atoms. The standard InChI is InChI=1S/C14H21N3O2/c1-2-5-12-16-11-7-4-3-6-10(11)14(17-12)15-9-8-13(18)19/h2-9H2,1H3,(H,18,19)(H,15,16,17). The summed E-state index contributed by atoms with van der Waals surface area (Å²) in [6, 6.07) is 0. The predicted molar refractivity (Wildman–Crippen MR) is 73.4 cm³/mol. The van der Waals surface area contributed by atoms with Crippen molar-refractivity contribution in [1.82, 2.24) is 9.97 Å². The average Bonchev–Trinajstić information content (AvgIpc) is 2.38. The molecule has 1 aromatic rings. The molecule has 0 atom stereocenters. The maximum Gasteiger partial charge on any atom is 0.305 e. The molecule has 0 saturated heterocycles. The number of rotatable bonds is 6. The highest BCUT2D eigenvalue weighted by molar-refractivity contribution is 5.67. The first-order chi connectivity index (χ1) is 9.20. The van der Waals surface area contributed by atoms with E-state index in [0.717, 1.165) is 49.4 Å². The van der Waals surface area contributed by atoms with Crippen molar-refractivity contribution in [3.05, 3.63) is 17.1 Å². The Hall–Kier alpha value is -1.65. The van der Waals surface area contributed by atoms with Crippen molar-refractivity contribution in [2.45, 2.75) is 51.9 Å². The van der Waals surface area contributed by atoms with Gasteiger partial charge in [-0.15, -0.1) is 0 Å². The third kappa shape index (κ3) is 3.66. The van der Waals surface area contributed by atoms with Gasteiger partial charge in [0.05, 0.1) is 6.42 Å². The molecule has 2 N–H and O–H groups in total. The van der Waals surface area contributed by atoms with E-state index in [9.17, 15) is 4.79 Å². The summed E-state index contributed by atoms with van der Waals surface area (Å²) in [7, 11) is 0. The molecular formula is C14H21N3O2. The quantitative estimate of drug-likeness (QED) is 0.823. The molecule has 2 rings (SSSR count). The molecule has 0 aromatic carbocycles. The van der Waals surface area contributed by atoms with E-state index in [1.54, 1.807) is 0 Å². The van der Waals surface area contributed by atoms with Gasteiger partial charge in [-0.05, 0) is 32.1 Å². The largest absolute Gasteiger partial charge is 0.481 e. The average molecular weight is 263 g/mol. The molecule has 0 fully saturated rings. The second-order valence-corrected chi connectivity index (χ2v) is 4.94. The van der Waals surface area contributed by atoms with Crippen molar-refractivity contribution in [2.75, 3.05) is 11.9 Å². The van der Waals surface area contributed by atoms with E-state index in [-0.39, 0.29) is 6.42 Å². The Labute approximate surface area is 113 Å². The molecule has 0 radical (unpaired) electrons. The van der Waals surface area contributed by atoms with Crippen molar-refractivity contribution >= 4 is 11.8 Å². The lowest BCUT2D eigenvalue weighted by Gasteiger charge is -2.19. The van der Waals surface area contributed by atoms with Crippen LogP contribution in [0.25, 0.3) is 0 Å². The van der Waals surface area contributed by atoms with E-state index < -0.39 is 5.97 Å². The van der Waals surface area contributed by atoms with Crippen LogP contribution < -0.4 is 5.32 Å². The number of nitrogens with zero attached hydrogens (tertiary/aromatic N) is 2. The summed E-state index contributed by atoms with van der Waals surface area (Å²) < 4.78 is 0. The Morgan fingerprint density at radius 2 is 2.11 bits per heavy atom. The van der Waals surface area contributed by atoms with Gasteiger partial charge in [-0.2, -0.15) is 0 Å². The number of aryl methyl sites for hydroxylation is 2. The number of nitrogens with one attached hydrogen (secondary N) is 1. The van der Waals surface area contributed by atoms with Gasteiger partial charge in [-0.3, -0.25) is 4.79 Å². The molecular weight excluding hydrogens is 242 g/mol. The number of aromatic nitrogens is 2. The normalized spacial score (nSPS) is 13.9. The van der Waals surface area contributed by atoms with E-state index in [1.807, 2.05) is 0 Å². The van der Waals surface area contributed by atoms with Gasteiger partial charge < -0.3 is 10.4 Å². The molecule has 104 valence electrons. The Morgan fingerprint density at radius 1 is 1.32 bits per heavy atom. The van der Waals surface area contributed by atoms with Crippen molar-refractivity contribution in [1.29, 1.82) is 0 Å². The van der Waals surface area contributed by atoms with Crippen LogP contribution in [0.1, 0.15) is 49.7 Å². The molecule has 19 heavy (non-hydrogen) atoms. The molecule has 1 aliphatic carbocycles. The highest BCUT2D eigenvalue weighted by Gasteiger charge is 2.17. The lowest BCUT2D eigenvalue weighted by molar-refractivity contribution is -0.136. The maximum absolute atomic E-state index is 10.6. The topological polar surface area (TPSA) is 75.1 Å². The maximum atomic E-state index is 10.6. The number of carbonyl (C=O) groups is 1. The van der Waals surface area contributed by atoms with Gasteiger partial charge in [0, 0.05) is 24.2 Å². The zero-order valence-corrected chi connectivity index (χ0v) is 11.4. The van der Waals surface area contributed by atoms with Crippen LogP contribution in [-0.2, 0) is 24.1 Å². The van der Waals surface area contributed by atoms with Crippen LogP contribution in [0.3, 0.4) is 0 Å². The number of aliphatic carboxylic acids is 1. The summed E-state index contributed by atoms with van der Waals surface area (Å²) in [6.45, 7) is 2.53. The van der Waals surface area contributed by atoms with Gasteiger partial charge in [0.2, 0.25) is 0 Å². The minimum Gasteiger partial charge on any atom is -0.481 e. The summed E-state index contributed by atoms with van der Waals surface area (Å²) in [6.07, 6.45) is 6.37. The second kappa shape index (κ2) is 6.50. The van der Waals surface area contributed by atoms with Crippen molar-refractivity contribution in [2.24, 2.45) is 0 Å². The van der Waals surface area contributed by atoms with Gasteiger partial charge in [-0.25, -0.2) is 9.97 Å². The minimum atomic E-state index is -0.788. The Balaban J connectivity index is 2.18. The third-order valence-electron chi connectivity index (χ3n) is 3.33. The first-order valence-corrected chi connectivity index (χ1v) is 7.05. The number of hydrogen-bond acceptors (Lipinski definition) is 4. The van der Waals surface area contributed by atoms with Gasteiger partial charge in [0.1, 0.15) is 11.6 Å².